The highest BCUT2D eigenvalue weighted by Gasteiger charge is 2.63. The van der Waals surface area contributed by atoms with E-state index in [0.717, 1.165) is 6.42 Å². The molecule has 1 aromatic heterocycles. The normalized spacial score (nSPS) is 30.2. The zero-order valence-electron chi connectivity index (χ0n) is 19.3. The fourth-order valence-corrected chi connectivity index (χ4v) is 6.31. The predicted molar refractivity (Wildman–Crippen MR) is 120 cm³/mol. The Hall–Kier alpha value is -3.25. The van der Waals surface area contributed by atoms with E-state index in [9.17, 15) is 19.5 Å². The lowest BCUT2D eigenvalue weighted by Crippen LogP contribution is -2.75. The van der Waals surface area contributed by atoms with Gasteiger partial charge in [-0.05, 0) is 38.3 Å². The molecule has 0 bridgehead atoms. The number of imide groups is 2. The number of carbonyl (C=O) groups is 3. The highest BCUT2D eigenvalue weighted by atomic mass is 19.1. The summed E-state index contributed by atoms with van der Waals surface area (Å²) >= 11 is 0. The number of nitrogens with one attached hydrogen (secondary N) is 2. The van der Waals surface area contributed by atoms with E-state index >= 15 is 4.39 Å². The summed E-state index contributed by atoms with van der Waals surface area (Å²) in [7, 11) is 0. The summed E-state index contributed by atoms with van der Waals surface area (Å²) in [4.78, 5) is 42.0. The van der Waals surface area contributed by atoms with Crippen LogP contribution in [-0.4, -0.2) is 72.1 Å². The number of urea groups is 1. The van der Waals surface area contributed by atoms with Crippen molar-refractivity contribution < 1.29 is 33.1 Å². The number of β-amino-alcohol motifs (C(OH)–C–C–N with tert-alkyl or cyclic N) is 1. The highest BCUT2D eigenvalue weighted by molar-refractivity contribution is 6.20. The Bertz CT molecular complexity index is 1240. The van der Waals surface area contributed by atoms with Crippen LogP contribution in [0.3, 0.4) is 0 Å². The summed E-state index contributed by atoms with van der Waals surface area (Å²) < 4.78 is 27.5. The first-order valence-corrected chi connectivity index (χ1v) is 11.8. The van der Waals surface area contributed by atoms with Gasteiger partial charge >= 0.3 is 6.03 Å². The number of aromatic nitrogens is 1. The van der Waals surface area contributed by atoms with Crippen molar-refractivity contribution in [2.24, 2.45) is 5.41 Å². The largest absolute Gasteiger partial charge is 0.391 e. The van der Waals surface area contributed by atoms with Crippen LogP contribution >= 0.6 is 0 Å². The van der Waals surface area contributed by atoms with Crippen LogP contribution in [-0.2, 0) is 20.7 Å². The van der Waals surface area contributed by atoms with Gasteiger partial charge in [0.25, 0.3) is 0 Å². The molecule has 4 atom stereocenters. The van der Waals surface area contributed by atoms with E-state index in [2.05, 4.69) is 15.8 Å². The third-order valence-electron chi connectivity index (χ3n) is 7.64. The zero-order valence-corrected chi connectivity index (χ0v) is 19.3. The van der Waals surface area contributed by atoms with Crippen molar-refractivity contribution >= 4 is 40.3 Å². The summed E-state index contributed by atoms with van der Waals surface area (Å²) in [5.41, 5.74) is -1.03. The van der Waals surface area contributed by atoms with Crippen LogP contribution in [0.2, 0.25) is 0 Å². The molecular weight excluding hydrogens is 461 g/mol. The number of anilines is 2. The van der Waals surface area contributed by atoms with Gasteiger partial charge in [0.1, 0.15) is 0 Å². The second kappa shape index (κ2) is 7.62. The predicted octanol–water partition coefficient (Wildman–Crippen LogP) is 0.819. The number of halogens is 1. The van der Waals surface area contributed by atoms with Gasteiger partial charge in [-0.2, -0.15) is 0 Å². The lowest BCUT2D eigenvalue weighted by molar-refractivity contribution is -0.153. The van der Waals surface area contributed by atoms with Gasteiger partial charge in [0.15, 0.2) is 17.1 Å². The number of ether oxygens (including phenoxy) is 1. The van der Waals surface area contributed by atoms with Gasteiger partial charge in [-0.3, -0.25) is 20.2 Å². The summed E-state index contributed by atoms with van der Waals surface area (Å²) in [6, 6.07) is -0.0152. The van der Waals surface area contributed by atoms with E-state index in [0.29, 0.717) is 36.3 Å². The Morgan fingerprint density at radius 2 is 1.94 bits per heavy atom. The van der Waals surface area contributed by atoms with Crippen molar-refractivity contribution in [3.05, 3.63) is 17.4 Å². The second-order valence-electron chi connectivity index (χ2n) is 9.96. The topological polar surface area (TPSA) is 137 Å². The highest BCUT2D eigenvalue weighted by Crippen LogP contribution is 2.49. The number of fused-ring (bicyclic) bond motifs is 5. The minimum atomic E-state index is -1.70. The standard InChI is InChI=1S/C23H26FN5O6/c1-10-8-29-16-12(7-23(18(29)11(2)34-10)20(31)25-22(33)26-21(23)32)6-14-17(15(16)24)35-27-19(14)28-5-3-4-13(30)9-28/h6,10-11,13,18,30H,3-5,7-9H2,1-2H3,(H2,25,26,31,32,33)/t10-,11+,13+,18-/m1/s1. The molecule has 1 spiro atoms. The lowest BCUT2D eigenvalue weighted by Gasteiger charge is -2.55. The summed E-state index contributed by atoms with van der Waals surface area (Å²) in [6.45, 7) is 4.79. The van der Waals surface area contributed by atoms with Crippen LogP contribution in [0.4, 0.5) is 20.7 Å². The van der Waals surface area contributed by atoms with E-state index in [1.807, 2.05) is 11.8 Å². The van der Waals surface area contributed by atoms with Crippen LogP contribution in [0.5, 0.6) is 0 Å². The molecule has 0 aliphatic carbocycles. The first-order chi connectivity index (χ1) is 16.7. The van der Waals surface area contributed by atoms with Crippen molar-refractivity contribution in [2.45, 2.75) is 57.5 Å². The number of aliphatic hydroxyl groups is 1. The van der Waals surface area contributed by atoms with Crippen molar-refractivity contribution in [1.29, 1.82) is 0 Å². The Labute approximate surface area is 199 Å². The van der Waals surface area contributed by atoms with Gasteiger partial charge in [-0.25, -0.2) is 9.18 Å². The van der Waals surface area contributed by atoms with Gasteiger partial charge in [0, 0.05) is 26.1 Å². The van der Waals surface area contributed by atoms with E-state index in [4.69, 9.17) is 9.26 Å². The molecular formula is C23H26FN5O6. The van der Waals surface area contributed by atoms with Gasteiger partial charge in [0.05, 0.1) is 35.4 Å². The molecule has 12 heteroatoms. The molecule has 0 saturated carbocycles. The Balaban J connectivity index is 1.55. The molecule has 4 aliphatic heterocycles. The Kier molecular flexibility index (Phi) is 4.84. The minimum absolute atomic E-state index is 0.0203. The minimum Gasteiger partial charge on any atom is -0.391 e. The average molecular weight is 487 g/mol. The molecule has 6 rings (SSSR count). The SMILES string of the molecule is C[C@@H]1CN2c3c(cc4c(N5CCC[C@H](O)C5)noc4c3F)CC3(C(=O)NC(=O)NC3=O)[C@H]2[C@H](C)O1. The maximum atomic E-state index is 16.1. The average Bonchev–Trinajstić information content (AvgIpc) is 3.21. The van der Waals surface area contributed by atoms with Crippen LogP contribution in [0.25, 0.3) is 11.0 Å². The Morgan fingerprint density at radius 3 is 2.66 bits per heavy atom. The fraction of sp³-hybridized carbons (Fsp3) is 0.565. The number of morpholine rings is 1. The van der Waals surface area contributed by atoms with E-state index in [-0.39, 0.29) is 30.3 Å². The fourth-order valence-electron chi connectivity index (χ4n) is 6.31. The molecule has 3 fully saturated rings. The third-order valence-corrected chi connectivity index (χ3v) is 7.64. The zero-order chi connectivity index (χ0) is 24.6. The van der Waals surface area contributed by atoms with Gasteiger partial charge in [-0.15, -0.1) is 0 Å². The van der Waals surface area contributed by atoms with Crippen molar-refractivity contribution in [2.75, 3.05) is 29.4 Å². The molecule has 1 aromatic carbocycles. The van der Waals surface area contributed by atoms with Crippen LogP contribution in [0.1, 0.15) is 32.3 Å². The molecule has 2 aromatic rings. The molecule has 3 N–H and O–H groups in total. The summed E-state index contributed by atoms with van der Waals surface area (Å²) in [6.07, 6.45) is -0.119. The number of rotatable bonds is 1. The molecule has 11 nitrogen and oxygen atoms in total. The Morgan fingerprint density at radius 1 is 1.20 bits per heavy atom. The number of amides is 4. The first kappa shape index (κ1) is 22.2. The number of piperidine rings is 1. The van der Waals surface area contributed by atoms with Crippen molar-refractivity contribution in [3.8, 4) is 0 Å². The maximum Gasteiger partial charge on any atom is 0.328 e. The van der Waals surface area contributed by atoms with Crippen LogP contribution in [0.15, 0.2) is 10.6 Å². The van der Waals surface area contributed by atoms with Gasteiger partial charge < -0.3 is 24.2 Å². The molecule has 35 heavy (non-hydrogen) atoms. The molecule has 0 unspecified atom stereocenters. The lowest BCUT2D eigenvalue weighted by atomic mass is 9.66. The number of nitrogens with zero attached hydrogens (tertiary/aromatic N) is 3. The van der Waals surface area contributed by atoms with E-state index in [1.54, 1.807) is 17.9 Å². The smallest absolute Gasteiger partial charge is 0.328 e. The first-order valence-electron chi connectivity index (χ1n) is 11.8. The quantitative estimate of drug-likeness (QED) is 0.499. The van der Waals surface area contributed by atoms with Crippen molar-refractivity contribution in [1.82, 2.24) is 15.8 Å². The number of hydrogen-bond acceptors (Lipinski definition) is 9. The number of carbonyl (C=O) groups excluding carboxylic acids is 3. The van der Waals surface area contributed by atoms with E-state index in [1.165, 1.54) is 0 Å². The molecule has 0 radical (unpaired) electrons. The molecule has 4 aliphatic rings. The molecule has 5 heterocycles. The van der Waals surface area contributed by atoms with Gasteiger partial charge in [-0.1, -0.05) is 5.16 Å². The van der Waals surface area contributed by atoms with Crippen LogP contribution < -0.4 is 20.4 Å². The second-order valence-corrected chi connectivity index (χ2v) is 9.96. The van der Waals surface area contributed by atoms with Gasteiger partial charge in [0.2, 0.25) is 17.4 Å². The van der Waals surface area contributed by atoms with E-state index < -0.39 is 47.3 Å². The summed E-state index contributed by atoms with van der Waals surface area (Å²) in [5.74, 6) is -1.68. The molecule has 186 valence electrons. The van der Waals surface area contributed by atoms with Crippen molar-refractivity contribution in [3.63, 3.8) is 0 Å². The third kappa shape index (κ3) is 3.09. The number of barbiturate groups is 1. The monoisotopic (exact) mass is 487 g/mol. The number of hydrogen-bond donors (Lipinski definition) is 3. The van der Waals surface area contributed by atoms with Crippen LogP contribution in [0, 0.1) is 11.2 Å². The number of benzene rings is 1. The number of aliphatic hydroxyl groups excluding tert-OH is 1. The molecule has 4 amide bonds. The summed E-state index contributed by atoms with van der Waals surface area (Å²) in [5, 5.41) is 19.1. The molecule has 3 saturated heterocycles. The maximum absolute atomic E-state index is 16.1.